The van der Waals surface area contributed by atoms with Gasteiger partial charge in [0.1, 0.15) is 35.5 Å². The number of nitrogens with zero attached hydrogens (tertiary/aromatic N) is 4. The van der Waals surface area contributed by atoms with Gasteiger partial charge in [0.05, 0.1) is 46.5 Å². The molecule has 70 heavy (non-hydrogen) atoms. The minimum absolute atomic E-state index is 0.0226. The highest BCUT2D eigenvalue weighted by Gasteiger charge is 2.55. The van der Waals surface area contributed by atoms with Gasteiger partial charge in [-0.05, 0) is 106 Å². The third kappa shape index (κ3) is 10.9. The van der Waals surface area contributed by atoms with Crippen molar-refractivity contribution in [1.29, 1.82) is 0 Å². The molecule has 3 saturated heterocycles. The lowest BCUT2D eigenvalue weighted by Crippen LogP contribution is -2.67. The second kappa shape index (κ2) is 20.8. The number of benzene rings is 4. The lowest BCUT2D eigenvalue weighted by Gasteiger charge is -2.49. The highest BCUT2D eigenvalue weighted by molar-refractivity contribution is 7.91. The van der Waals surface area contributed by atoms with Crippen LogP contribution in [0.4, 0.5) is 4.79 Å². The number of carbonyl (C=O) groups excluding carboxylic acids is 3. The molecule has 0 aliphatic carbocycles. The Morgan fingerprint density at radius 1 is 0.586 bits per heavy atom. The molecule has 9 rings (SSSR count). The first kappa shape index (κ1) is 49.8. The average Bonchev–Trinajstić information content (AvgIpc) is 3.34. The number of piperidine rings is 1. The van der Waals surface area contributed by atoms with E-state index in [1.165, 1.54) is 38.5 Å². The summed E-state index contributed by atoms with van der Waals surface area (Å²) in [5.41, 5.74) is 3.29. The van der Waals surface area contributed by atoms with Gasteiger partial charge in [-0.2, -0.15) is 0 Å². The second-order valence-corrected chi connectivity index (χ2v) is 22.2. The van der Waals surface area contributed by atoms with Crippen molar-refractivity contribution in [3.8, 4) is 11.5 Å². The van der Waals surface area contributed by atoms with E-state index in [1.807, 2.05) is 74.5 Å². The van der Waals surface area contributed by atoms with Crippen molar-refractivity contribution in [2.24, 2.45) is 10.8 Å². The molecule has 3 fully saturated rings. The number of sulfone groups is 2. The van der Waals surface area contributed by atoms with E-state index in [0.29, 0.717) is 50.9 Å². The van der Waals surface area contributed by atoms with Crippen molar-refractivity contribution < 1.29 is 50.2 Å². The molecule has 5 heterocycles. The van der Waals surface area contributed by atoms with Crippen LogP contribution < -0.4 is 14.8 Å². The summed E-state index contributed by atoms with van der Waals surface area (Å²) in [4.78, 5) is 50.2. The molecule has 0 unspecified atom stereocenters. The highest BCUT2D eigenvalue weighted by atomic mass is 32.2. The van der Waals surface area contributed by atoms with Crippen molar-refractivity contribution >= 4 is 59.5 Å². The van der Waals surface area contributed by atoms with Crippen LogP contribution in [0.25, 0.3) is 21.8 Å². The Bertz CT molecular complexity index is 3110. The fourth-order valence-corrected chi connectivity index (χ4v) is 12.8. The molecule has 1 N–H and O–H groups in total. The van der Waals surface area contributed by atoms with Gasteiger partial charge in [0.25, 0.3) is 0 Å². The summed E-state index contributed by atoms with van der Waals surface area (Å²) >= 11 is 0. The third-order valence-electron chi connectivity index (χ3n) is 13.0. The third-order valence-corrected chi connectivity index (χ3v) is 16.8. The summed E-state index contributed by atoms with van der Waals surface area (Å²) in [5, 5.41) is 4.99. The Morgan fingerprint density at radius 3 is 1.44 bits per heavy atom. The van der Waals surface area contributed by atoms with Gasteiger partial charge in [0.15, 0.2) is 19.7 Å². The molecule has 3 aliphatic heterocycles. The number of carbonyl (C=O) groups is 3. The van der Waals surface area contributed by atoms with Gasteiger partial charge < -0.3 is 34.1 Å². The van der Waals surface area contributed by atoms with Crippen LogP contribution in [-0.2, 0) is 52.0 Å². The van der Waals surface area contributed by atoms with Gasteiger partial charge in [-0.25, -0.2) is 21.6 Å². The number of esters is 2. The summed E-state index contributed by atoms with van der Waals surface area (Å²) in [6, 6.07) is 32.0. The lowest BCUT2D eigenvalue weighted by atomic mass is 9.82. The van der Waals surface area contributed by atoms with Gasteiger partial charge in [-0.15, -0.1) is 0 Å². The van der Waals surface area contributed by atoms with Crippen molar-refractivity contribution in [3.63, 3.8) is 0 Å². The summed E-state index contributed by atoms with van der Waals surface area (Å²) in [6.45, 7) is 6.52. The van der Waals surface area contributed by atoms with E-state index in [9.17, 15) is 31.2 Å². The van der Waals surface area contributed by atoms with E-state index in [4.69, 9.17) is 18.9 Å². The summed E-state index contributed by atoms with van der Waals surface area (Å²) in [5.74, 6) is -0.757. The Morgan fingerprint density at radius 2 is 1.01 bits per heavy atom. The smallest absolute Gasteiger partial charge is 0.320 e. The molecule has 0 radical (unpaired) electrons. The fraction of sp³-hybridized carbons (Fsp3) is 0.365. The van der Waals surface area contributed by atoms with Crippen molar-refractivity contribution in [2.75, 3.05) is 65.0 Å². The first-order valence-electron chi connectivity index (χ1n) is 23.1. The summed E-state index contributed by atoms with van der Waals surface area (Å²) < 4.78 is 74.0. The van der Waals surface area contributed by atoms with Crippen molar-refractivity contribution in [3.05, 3.63) is 132 Å². The largest absolute Gasteiger partial charge is 0.489 e. The van der Waals surface area contributed by atoms with E-state index in [-0.39, 0.29) is 34.7 Å². The molecular formula is C52H57N5O11S2. The van der Waals surface area contributed by atoms with Crippen LogP contribution in [0.3, 0.4) is 0 Å². The van der Waals surface area contributed by atoms with Crippen LogP contribution in [0.2, 0.25) is 0 Å². The Balaban J connectivity index is 0.000000193. The van der Waals surface area contributed by atoms with Crippen LogP contribution in [0.15, 0.2) is 119 Å². The van der Waals surface area contributed by atoms with Crippen LogP contribution in [-0.4, -0.2) is 120 Å². The van der Waals surface area contributed by atoms with Gasteiger partial charge in [-0.3, -0.25) is 19.6 Å². The normalized spacial score (nSPS) is 16.2. The molecule has 2 amide bonds. The average molecular weight is 992 g/mol. The molecule has 0 atom stereocenters. The van der Waals surface area contributed by atoms with Crippen LogP contribution in [0.1, 0.15) is 41.8 Å². The number of ether oxygens (including phenoxy) is 4. The number of pyridine rings is 2. The molecule has 0 saturated carbocycles. The molecule has 18 heteroatoms. The number of methoxy groups -OCH3 is 2. The summed E-state index contributed by atoms with van der Waals surface area (Å²) in [6.07, 6.45) is 3.00. The number of amides is 2. The zero-order valence-electron chi connectivity index (χ0n) is 39.7. The predicted octanol–water partition coefficient (Wildman–Crippen LogP) is 6.64. The molecular weight excluding hydrogens is 935 g/mol. The van der Waals surface area contributed by atoms with Crippen molar-refractivity contribution in [2.45, 2.75) is 56.1 Å². The fourth-order valence-electron chi connectivity index (χ4n) is 9.28. The molecule has 3 aliphatic rings. The number of nitrogens with one attached hydrogen (secondary N) is 1. The number of hydrogen-bond acceptors (Lipinski definition) is 14. The molecule has 2 aromatic heterocycles. The Kier molecular flexibility index (Phi) is 14.8. The van der Waals surface area contributed by atoms with E-state index < -0.39 is 48.2 Å². The number of para-hydroxylation sites is 2. The van der Waals surface area contributed by atoms with E-state index in [2.05, 4.69) is 15.3 Å². The maximum atomic E-state index is 13.3. The van der Waals surface area contributed by atoms with Gasteiger partial charge >= 0.3 is 18.0 Å². The minimum atomic E-state index is -3.84. The number of fused-ring (bicyclic) bond motifs is 2. The van der Waals surface area contributed by atoms with Crippen molar-refractivity contribution in [1.82, 2.24) is 25.1 Å². The van der Waals surface area contributed by atoms with Crippen LogP contribution >= 0.6 is 0 Å². The Labute approximate surface area is 408 Å². The van der Waals surface area contributed by atoms with E-state index >= 15 is 0 Å². The maximum absolute atomic E-state index is 13.3. The standard InChI is InChI=1S/C29H33N3O6S.C23H24N2O5S/c1-21-16-22(25-8-4-5-9-26(25)30-21)17-38-23-10-12-24(13-11-23)39(35,36)20-29(27(33)37-2)18-32(19-29)28(34)31-14-6-3-7-15-31;1-16-11-17(20-5-3-4-6-21(20)25-16)12-30-18-7-9-19(10-8-18)31(27,28)15-23(13-24-14-23)22(26)29-2/h4-5,8-13,16H,3,6-7,14-15,17-20H2,1-2H3;3-11,24H,12-15H2,1-2H3. The first-order chi connectivity index (χ1) is 33.5. The SMILES string of the molecule is COC(=O)C1(CS(=O)(=O)c2ccc(OCc3cc(C)nc4ccccc34)cc2)CN(C(=O)N2CCCCC2)C1.COC(=O)C1(CS(=O)(=O)c2ccc(OCc3cc(C)nc4ccccc34)cc2)CNC1. The Hall–Kier alpha value is -6.63. The highest BCUT2D eigenvalue weighted by Crippen LogP contribution is 2.37. The van der Waals surface area contributed by atoms with E-state index in [1.54, 1.807) is 34.1 Å². The van der Waals surface area contributed by atoms with E-state index in [0.717, 1.165) is 63.6 Å². The minimum Gasteiger partial charge on any atom is -0.489 e. The molecule has 0 bridgehead atoms. The maximum Gasteiger partial charge on any atom is 0.320 e. The van der Waals surface area contributed by atoms with Gasteiger partial charge in [0, 0.05) is 72.6 Å². The van der Waals surface area contributed by atoms with Crippen LogP contribution in [0, 0.1) is 24.7 Å². The number of aromatic nitrogens is 2. The molecule has 16 nitrogen and oxygen atoms in total. The second-order valence-electron chi connectivity index (χ2n) is 18.3. The quantitative estimate of drug-likeness (QED) is 0.114. The number of likely N-dealkylation sites (tertiary alicyclic amines) is 2. The first-order valence-corrected chi connectivity index (χ1v) is 26.4. The number of urea groups is 1. The topological polar surface area (TPSA) is 201 Å². The summed E-state index contributed by atoms with van der Waals surface area (Å²) in [7, 11) is -4.99. The van der Waals surface area contributed by atoms with Crippen LogP contribution in [0.5, 0.6) is 11.5 Å². The number of aryl methyl sites for hydroxylation is 2. The molecule has 4 aromatic carbocycles. The predicted molar refractivity (Wildman–Crippen MR) is 263 cm³/mol. The molecule has 0 spiro atoms. The van der Waals surface area contributed by atoms with Gasteiger partial charge in [0.2, 0.25) is 0 Å². The molecule has 368 valence electrons. The lowest BCUT2D eigenvalue weighted by molar-refractivity contribution is -0.159. The zero-order chi connectivity index (χ0) is 49.7. The molecule has 6 aromatic rings. The zero-order valence-corrected chi connectivity index (χ0v) is 41.3. The monoisotopic (exact) mass is 991 g/mol. The number of rotatable bonds is 14. The van der Waals surface area contributed by atoms with Gasteiger partial charge in [-0.1, -0.05) is 36.4 Å². The number of hydrogen-bond donors (Lipinski definition) is 1.